The first-order chi connectivity index (χ1) is 12.6. The van der Waals surface area contributed by atoms with Gasteiger partial charge in [-0.25, -0.2) is 4.98 Å². The van der Waals surface area contributed by atoms with E-state index in [9.17, 15) is 4.79 Å². The van der Waals surface area contributed by atoms with Gasteiger partial charge in [-0.1, -0.05) is 0 Å². The van der Waals surface area contributed by atoms with Crippen LogP contribution in [-0.4, -0.2) is 32.2 Å². The maximum Gasteiger partial charge on any atom is 0.263 e. The summed E-state index contributed by atoms with van der Waals surface area (Å²) in [5.41, 5.74) is 4.39. The first-order valence-corrected chi connectivity index (χ1v) is 9.63. The highest BCUT2D eigenvalue weighted by molar-refractivity contribution is 7.13. The Kier molecular flexibility index (Phi) is 4.55. The summed E-state index contributed by atoms with van der Waals surface area (Å²) in [5, 5.41) is 8.49. The van der Waals surface area contributed by atoms with Crippen molar-refractivity contribution in [3.05, 3.63) is 52.0 Å². The number of amides is 1. The van der Waals surface area contributed by atoms with Crippen molar-refractivity contribution in [2.45, 2.75) is 39.2 Å². The number of nitrogens with one attached hydrogen (secondary N) is 1. The van der Waals surface area contributed by atoms with Gasteiger partial charge >= 0.3 is 0 Å². The summed E-state index contributed by atoms with van der Waals surface area (Å²) in [6, 6.07) is 4.04. The highest BCUT2D eigenvalue weighted by Gasteiger charge is 2.30. The number of thiazole rings is 1. The third kappa shape index (κ3) is 3.39. The number of carbonyl (C=O) groups is 1. The summed E-state index contributed by atoms with van der Waals surface area (Å²) in [6.07, 6.45) is 7.96. The van der Waals surface area contributed by atoms with Crippen LogP contribution in [0.1, 0.15) is 44.8 Å². The summed E-state index contributed by atoms with van der Waals surface area (Å²) in [6.45, 7) is 5.00. The Bertz CT molecular complexity index is 927. The topological polar surface area (TPSA) is 72.7 Å². The van der Waals surface area contributed by atoms with Gasteiger partial charge in [0.25, 0.3) is 5.91 Å². The molecule has 1 N–H and O–H groups in total. The van der Waals surface area contributed by atoms with E-state index in [0.29, 0.717) is 23.9 Å². The first kappa shape index (κ1) is 16.9. The van der Waals surface area contributed by atoms with Crippen LogP contribution in [0.4, 0.5) is 0 Å². The monoisotopic (exact) mass is 367 g/mol. The number of pyridine rings is 1. The molecule has 134 valence electrons. The fourth-order valence-corrected chi connectivity index (χ4v) is 4.05. The number of nitrogens with zero attached hydrogens (tertiary/aromatic N) is 4. The van der Waals surface area contributed by atoms with Crippen molar-refractivity contribution < 1.29 is 4.79 Å². The molecule has 7 heteroatoms. The number of aryl methyl sites for hydroxylation is 2. The smallest absolute Gasteiger partial charge is 0.263 e. The van der Waals surface area contributed by atoms with Crippen molar-refractivity contribution in [2.24, 2.45) is 0 Å². The Morgan fingerprint density at radius 1 is 1.31 bits per heavy atom. The van der Waals surface area contributed by atoms with Gasteiger partial charge in [-0.3, -0.25) is 14.5 Å². The SMILES string of the molecule is Cc1nc(C)c(C(=O)NCCn2ncc(-c3ccncc3)c2C2CC2)s1. The van der Waals surface area contributed by atoms with Crippen LogP contribution in [0, 0.1) is 13.8 Å². The predicted molar refractivity (Wildman–Crippen MR) is 101 cm³/mol. The molecule has 0 spiro atoms. The Balaban J connectivity index is 1.46. The quantitative estimate of drug-likeness (QED) is 0.725. The third-order valence-electron chi connectivity index (χ3n) is 4.55. The van der Waals surface area contributed by atoms with Crippen LogP contribution >= 0.6 is 11.3 Å². The molecule has 0 saturated heterocycles. The third-order valence-corrected chi connectivity index (χ3v) is 5.63. The molecule has 3 heterocycles. The molecule has 1 aliphatic rings. The average Bonchev–Trinajstić information content (AvgIpc) is 3.30. The standard InChI is InChI=1S/C19H21N5OS/c1-12-18(26-13(2)23-12)19(25)21-9-10-24-17(15-3-4-15)16(11-22-24)14-5-7-20-8-6-14/h5-8,11,15H,3-4,9-10H2,1-2H3,(H,21,25). The highest BCUT2D eigenvalue weighted by atomic mass is 32.1. The van der Waals surface area contributed by atoms with Crippen molar-refractivity contribution in [1.82, 2.24) is 25.1 Å². The summed E-state index contributed by atoms with van der Waals surface area (Å²) in [4.78, 5) is 21.5. The maximum atomic E-state index is 12.3. The van der Waals surface area contributed by atoms with Crippen LogP contribution in [0.15, 0.2) is 30.7 Å². The van der Waals surface area contributed by atoms with E-state index < -0.39 is 0 Å². The van der Waals surface area contributed by atoms with Gasteiger partial charge < -0.3 is 5.32 Å². The Morgan fingerprint density at radius 2 is 2.08 bits per heavy atom. The van der Waals surface area contributed by atoms with Gasteiger partial charge in [0.15, 0.2) is 0 Å². The molecule has 1 amide bonds. The Morgan fingerprint density at radius 3 is 2.73 bits per heavy atom. The molecule has 1 aliphatic carbocycles. The van der Waals surface area contributed by atoms with Crippen molar-refractivity contribution in [1.29, 1.82) is 0 Å². The lowest BCUT2D eigenvalue weighted by molar-refractivity contribution is 0.0955. The molecule has 0 bridgehead atoms. The van der Waals surface area contributed by atoms with Gasteiger partial charge in [-0.2, -0.15) is 5.10 Å². The Labute approximate surface area is 156 Å². The molecule has 3 aromatic rings. The largest absolute Gasteiger partial charge is 0.349 e. The minimum atomic E-state index is -0.0532. The van der Waals surface area contributed by atoms with Gasteiger partial charge in [0, 0.05) is 36.1 Å². The lowest BCUT2D eigenvalue weighted by Crippen LogP contribution is -2.27. The van der Waals surface area contributed by atoms with Crippen molar-refractivity contribution in [2.75, 3.05) is 6.54 Å². The van der Waals surface area contributed by atoms with Crippen LogP contribution in [0.3, 0.4) is 0 Å². The van der Waals surface area contributed by atoms with Crippen molar-refractivity contribution in [3.8, 4) is 11.1 Å². The van der Waals surface area contributed by atoms with E-state index in [1.165, 1.54) is 35.4 Å². The van der Waals surface area contributed by atoms with E-state index in [1.807, 2.05) is 49.3 Å². The lowest BCUT2D eigenvalue weighted by atomic mass is 10.1. The molecule has 0 radical (unpaired) electrons. The summed E-state index contributed by atoms with van der Waals surface area (Å²) < 4.78 is 2.04. The van der Waals surface area contributed by atoms with Crippen molar-refractivity contribution >= 4 is 17.2 Å². The van der Waals surface area contributed by atoms with Gasteiger partial charge in [-0.05, 0) is 44.4 Å². The minimum Gasteiger partial charge on any atom is -0.349 e. The zero-order valence-corrected chi connectivity index (χ0v) is 15.7. The fourth-order valence-electron chi connectivity index (χ4n) is 3.21. The first-order valence-electron chi connectivity index (χ1n) is 8.82. The second-order valence-electron chi connectivity index (χ2n) is 6.58. The van der Waals surface area contributed by atoms with Gasteiger partial charge in [-0.15, -0.1) is 11.3 Å². The van der Waals surface area contributed by atoms with E-state index in [0.717, 1.165) is 16.3 Å². The molecule has 6 nitrogen and oxygen atoms in total. The molecule has 0 atom stereocenters. The van der Waals surface area contributed by atoms with Crippen LogP contribution in [0.2, 0.25) is 0 Å². The number of rotatable bonds is 6. The van der Waals surface area contributed by atoms with Crippen LogP contribution in [0.25, 0.3) is 11.1 Å². The van der Waals surface area contributed by atoms with E-state index in [-0.39, 0.29) is 5.91 Å². The molecule has 3 aromatic heterocycles. The zero-order valence-electron chi connectivity index (χ0n) is 14.9. The Hall–Kier alpha value is -2.54. The molecule has 4 rings (SSSR count). The number of hydrogen-bond acceptors (Lipinski definition) is 5. The average molecular weight is 367 g/mol. The van der Waals surface area contributed by atoms with Crippen LogP contribution in [0.5, 0.6) is 0 Å². The molecular weight excluding hydrogens is 346 g/mol. The second-order valence-corrected chi connectivity index (χ2v) is 7.78. The summed E-state index contributed by atoms with van der Waals surface area (Å²) in [5.74, 6) is 0.519. The number of hydrogen-bond donors (Lipinski definition) is 1. The van der Waals surface area contributed by atoms with E-state index in [2.05, 4.69) is 20.4 Å². The maximum absolute atomic E-state index is 12.3. The van der Waals surface area contributed by atoms with Gasteiger partial charge in [0.2, 0.25) is 0 Å². The zero-order chi connectivity index (χ0) is 18.1. The number of carbonyl (C=O) groups excluding carboxylic acids is 1. The molecule has 1 saturated carbocycles. The molecular formula is C19H21N5OS. The normalized spacial score (nSPS) is 13.8. The highest BCUT2D eigenvalue weighted by Crippen LogP contribution is 2.44. The summed E-state index contributed by atoms with van der Waals surface area (Å²) in [7, 11) is 0. The predicted octanol–water partition coefficient (Wildman–Crippen LogP) is 3.33. The molecule has 0 aliphatic heterocycles. The van der Waals surface area contributed by atoms with Gasteiger partial charge in [0.1, 0.15) is 4.88 Å². The number of aromatic nitrogens is 4. The van der Waals surface area contributed by atoms with Gasteiger partial charge in [0.05, 0.1) is 23.4 Å². The lowest BCUT2D eigenvalue weighted by Gasteiger charge is -2.10. The van der Waals surface area contributed by atoms with E-state index in [1.54, 1.807) is 0 Å². The minimum absolute atomic E-state index is 0.0532. The fraction of sp³-hybridized carbons (Fsp3) is 0.368. The molecule has 0 aromatic carbocycles. The van der Waals surface area contributed by atoms with Crippen LogP contribution < -0.4 is 5.32 Å². The van der Waals surface area contributed by atoms with Crippen LogP contribution in [-0.2, 0) is 6.54 Å². The molecule has 26 heavy (non-hydrogen) atoms. The van der Waals surface area contributed by atoms with E-state index in [4.69, 9.17) is 0 Å². The second kappa shape index (κ2) is 6.99. The van der Waals surface area contributed by atoms with Crippen molar-refractivity contribution in [3.63, 3.8) is 0 Å². The summed E-state index contributed by atoms with van der Waals surface area (Å²) >= 11 is 1.44. The molecule has 0 unspecified atom stereocenters. The van der Waals surface area contributed by atoms with E-state index >= 15 is 0 Å². The molecule has 1 fully saturated rings.